The average Bonchev–Trinajstić information content (AvgIpc) is 2.47. The molecule has 0 radical (unpaired) electrons. The molecule has 21 heavy (non-hydrogen) atoms. The largest absolute Gasteiger partial charge is 0.481 e. The molecular weight excluding hydrogens is 266 g/mol. The summed E-state index contributed by atoms with van der Waals surface area (Å²) >= 11 is 0. The van der Waals surface area contributed by atoms with Crippen molar-refractivity contribution < 1.29 is 19.5 Å². The number of aliphatic hydroxyl groups excluding tert-OH is 1. The lowest BCUT2D eigenvalue weighted by atomic mass is 10.0. The fraction of sp³-hybridized carbons (Fsp3) is 0.941. The van der Waals surface area contributed by atoms with Crippen LogP contribution in [0.4, 0.5) is 0 Å². The molecule has 0 aliphatic carbocycles. The number of hydrogen-bond acceptors (Lipinski definition) is 2. The number of aliphatic hydroxyl groups is 1. The highest BCUT2D eigenvalue weighted by molar-refractivity contribution is 5.69. The van der Waals surface area contributed by atoms with Gasteiger partial charge in [0.2, 0.25) is 0 Å². The van der Waals surface area contributed by atoms with E-state index in [1.54, 1.807) is 0 Å². The molecule has 0 spiro atoms. The second-order valence-electron chi connectivity index (χ2n) is 6.29. The zero-order valence-electron chi connectivity index (χ0n) is 14.5. The summed E-state index contributed by atoms with van der Waals surface area (Å²) < 4.78 is 0.708. The molecule has 0 saturated carbocycles. The Morgan fingerprint density at radius 1 is 1.00 bits per heavy atom. The predicted octanol–water partition coefficient (Wildman–Crippen LogP) is 3.29. The fourth-order valence-electron chi connectivity index (χ4n) is 3.01. The van der Waals surface area contributed by atoms with Gasteiger partial charge in [-0.2, -0.15) is 0 Å². The van der Waals surface area contributed by atoms with Gasteiger partial charge in [0, 0.05) is 0 Å². The minimum absolute atomic E-state index is 0.308. The van der Waals surface area contributed by atoms with Gasteiger partial charge in [0.05, 0.1) is 19.6 Å². The highest BCUT2D eigenvalue weighted by Gasteiger charge is 2.32. The van der Waals surface area contributed by atoms with E-state index >= 15 is 0 Å². The maximum absolute atomic E-state index is 11.3. The van der Waals surface area contributed by atoms with E-state index < -0.39 is 5.97 Å². The second-order valence-corrected chi connectivity index (χ2v) is 6.29. The molecule has 4 heteroatoms. The van der Waals surface area contributed by atoms with Crippen molar-refractivity contribution in [3.8, 4) is 0 Å². The van der Waals surface area contributed by atoms with Gasteiger partial charge in [-0.25, -0.2) is 0 Å². The number of nitrogens with zero attached hydrogens (tertiary/aromatic N) is 1. The Kier molecular flexibility index (Phi) is 10.7. The van der Waals surface area contributed by atoms with Crippen LogP contribution in [0.2, 0.25) is 0 Å². The Hall–Kier alpha value is -0.610. The Labute approximate surface area is 130 Å². The number of carboxylic acids is 1. The molecular formula is C17H36NO3+. The van der Waals surface area contributed by atoms with Crippen LogP contribution in [0.5, 0.6) is 0 Å². The third-order valence-electron chi connectivity index (χ3n) is 4.78. The quantitative estimate of drug-likeness (QED) is 0.405. The molecule has 126 valence electrons. The molecule has 0 aromatic rings. The van der Waals surface area contributed by atoms with Gasteiger partial charge in [-0.15, -0.1) is 0 Å². The molecule has 0 aromatic heterocycles. The van der Waals surface area contributed by atoms with Crippen molar-refractivity contribution in [1.82, 2.24) is 0 Å². The monoisotopic (exact) mass is 302 g/mol. The van der Waals surface area contributed by atoms with Crippen LogP contribution in [0.3, 0.4) is 0 Å². The van der Waals surface area contributed by atoms with Crippen LogP contribution in [0, 0.1) is 5.92 Å². The van der Waals surface area contributed by atoms with Gasteiger partial charge in [0.25, 0.3) is 0 Å². The normalized spacial score (nSPS) is 14.9. The Bertz CT molecular complexity index is 277. The van der Waals surface area contributed by atoms with Gasteiger partial charge in [-0.3, -0.25) is 4.79 Å². The Balaban J connectivity index is 4.53. The van der Waals surface area contributed by atoms with Gasteiger partial charge in [-0.05, 0) is 26.7 Å². The summed E-state index contributed by atoms with van der Waals surface area (Å²) in [5, 5.41) is 19.6. The lowest BCUT2D eigenvalue weighted by Gasteiger charge is -2.40. The first kappa shape index (κ1) is 20.4. The summed E-state index contributed by atoms with van der Waals surface area (Å²) in [6.45, 7) is 11.4. The van der Waals surface area contributed by atoms with Crippen LogP contribution in [0.1, 0.15) is 66.2 Å². The number of unbranched alkanes of at least 4 members (excludes halogenated alkanes) is 3. The minimum atomic E-state index is -0.709. The smallest absolute Gasteiger partial charge is 0.312 e. The number of hydrogen-bond donors (Lipinski definition) is 2. The van der Waals surface area contributed by atoms with Crippen LogP contribution in [0.15, 0.2) is 0 Å². The van der Waals surface area contributed by atoms with Gasteiger partial charge in [0.15, 0.2) is 0 Å². The third-order valence-corrected chi connectivity index (χ3v) is 4.78. The number of aliphatic carboxylic acids is 1. The van der Waals surface area contributed by atoms with Crippen LogP contribution in [-0.4, -0.2) is 52.9 Å². The lowest BCUT2D eigenvalue weighted by molar-refractivity contribution is -0.929. The summed E-state index contributed by atoms with van der Waals surface area (Å²) in [5.41, 5.74) is 0. The van der Waals surface area contributed by atoms with Gasteiger partial charge in [0.1, 0.15) is 18.6 Å². The number of carboxylic acid groups (broad SMARTS) is 1. The van der Waals surface area contributed by atoms with E-state index in [0.717, 1.165) is 25.9 Å². The molecule has 2 atom stereocenters. The van der Waals surface area contributed by atoms with Crippen LogP contribution >= 0.6 is 0 Å². The maximum Gasteiger partial charge on any atom is 0.312 e. The van der Waals surface area contributed by atoms with Crippen molar-refractivity contribution in [1.29, 1.82) is 0 Å². The van der Waals surface area contributed by atoms with Crippen molar-refractivity contribution in [3.63, 3.8) is 0 Å². The first-order valence-corrected chi connectivity index (χ1v) is 8.70. The molecule has 0 aliphatic heterocycles. The van der Waals surface area contributed by atoms with Crippen LogP contribution in [-0.2, 0) is 4.79 Å². The molecule has 0 rings (SSSR count). The molecule has 0 aliphatic rings. The number of quaternary nitrogens is 1. The SMILES string of the molecule is CCCCCCC(O)C[N+](CC)(CC)CC(CC)C(=O)O. The number of likely N-dealkylation sites (N-methyl/N-ethyl adjacent to an activating group) is 1. The molecule has 2 unspecified atom stereocenters. The second kappa shape index (κ2) is 11.0. The van der Waals surface area contributed by atoms with E-state index in [-0.39, 0.29) is 12.0 Å². The van der Waals surface area contributed by atoms with Crippen molar-refractivity contribution in [3.05, 3.63) is 0 Å². The molecule has 0 fully saturated rings. The summed E-state index contributed by atoms with van der Waals surface area (Å²) in [5.74, 6) is -1.02. The molecule has 0 saturated heterocycles. The predicted molar refractivity (Wildman–Crippen MR) is 87.3 cm³/mol. The fourth-order valence-corrected chi connectivity index (χ4v) is 3.01. The van der Waals surface area contributed by atoms with Crippen molar-refractivity contribution in [2.75, 3.05) is 26.2 Å². The summed E-state index contributed by atoms with van der Waals surface area (Å²) in [7, 11) is 0. The van der Waals surface area contributed by atoms with E-state index in [9.17, 15) is 15.0 Å². The van der Waals surface area contributed by atoms with Gasteiger partial charge < -0.3 is 14.7 Å². The van der Waals surface area contributed by atoms with E-state index in [2.05, 4.69) is 20.8 Å². The zero-order valence-corrected chi connectivity index (χ0v) is 14.5. The van der Waals surface area contributed by atoms with Crippen molar-refractivity contribution in [2.45, 2.75) is 72.3 Å². The van der Waals surface area contributed by atoms with Gasteiger partial charge in [-0.1, -0.05) is 39.5 Å². The molecule has 0 heterocycles. The maximum atomic E-state index is 11.3. The number of carbonyl (C=O) groups is 1. The van der Waals surface area contributed by atoms with Gasteiger partial charge >= 0.3 is 5.97 Å². The standard InChI is InChI=1S/C17H35NO3/c1-5-9-10-11-12-16(19)14-18(7-3,8-4)13-15(6-2)17(20)21/h15-16,19H,5-14H2,1-4H3/p+1. The Morgan fingerprint density at radius 2 is 1.62 bits per heavy atom. The topological polar surface area (TPSA) is 57.5 Å². The molecule has 0 bridgehead atoms. The molecule has 0 amide bonds. The minimum Gasteiger partial charge on any atom is -0.481 e. The highest BCUT2D eigenvalue weighted by atomic mass is 16.4. The Morgan fingerprint density at radius 3 is 2.05 bits per heavy atom. The molecule has 2 N–H and O–H groups in total. The molecule has 0 aromatic carbocycles. The van der Waals surface area contributed by atoms with E-state index in [1.807, 2.05) is 6.92 Å². The average molecular weight is 302 g/mol. The summed E-state index contributed by atoms with van der Waals surface area (Å²) in [4.78, 5) is 11.3. The lowest BCUT2D eigenvalue weighted by Crippen LogP contribution is -2.55. The van der Waals surface area contributed by atoms with Crippen molar-refractivity contribution in [2.24, 2.45) is 5.92 Å². The highest BCUT2D eigenvalue weighted by Crippen LogP contribution is 2.17. The van der Waals surface area contributed by atoms with Crippen LogP contribution < -0.4 is 0 Å². The first-order chi connectivity index (χ1) is 9.94. The van der Waals surface area contributed by atoms with Crippen LogP contribution in [0.25, 0.3) is 0 Å². The summed E-state index contributed by atoms with van der Waals surface area (Å²) in [6.07, 6.45) is 5.86. The zero-order chi connectivity index (χ0) is 16.3. The summed E-state index contributed by atoms with van der Waals surface area (Å²) in [6, 6.07) is 0. The third kappa shape index (κ3) is 7.82. The number of rotatable bonds is 13. The first-order valence-electron chi connectivity index (χ1n) is 8.70. The van der Waals surface area contributed by atoms with E-state index in [1.165, 1.54) is 19.3 Å². The van der Waals surface area contributed by atoms with Crippen molar-refractivity contribution >= 4 is 5.97 Å². The van der Waals surface area contributed by atoms with E-state index in [0.29, 0.717) is 24.0 Å². The molecule has 4 nitrogen and oxygen atoms in total. The van der Waals surface area contributed by atoms with E-state index in [4.69, 9.17) is 0 Å².